The molecule has 0 aliphatic heterocycles. The van der Waals surface area contributed by atoms with E-state index in [1.54, 1.807) is 12.1 Å². The lowest BCUT2D eigenvalue weighted by molar-refractivity contribution is 0.247. The first-order chi connectivity index (χ1) is 12.7. The van der Waals surface area contributed by atoms with Crippen LogP contribution in [0, 0.1) is 17.7 Å². The Morgan fingerprint density at radius 1 is 1.08 bits per heavy atom. The molecule has 1 nitrogen and oxygen atoms in total. The average molecular weight is 350 g/mol. The fraction of sp³-hybridized carbons (Fsp3) is 0.333. The highest BCUT2D eigenvalue weighted by molar-refractivity contribution is 5.64. The van der Waals surface area contributed by atoms with Gasteiger partial charge in [-0.1, -0.05) is 55.5 Å². The molecule has 1 aliphatic carbocycles. The van der Waals surface area contributed by atoms with Crippen LogP contribution in [0.4, 0.5) is 4.39 Å². The summed E-state index contributed by atoms with van der Waals surface area (Å²) in [6.45, 7) is 6.51. The molecule has 26 heavy (non-hydrogen) atoms. The van der Waals surface area contributed by atoms with Crippen LogP contribution in [0.1, 0.15) is 31.7 Å². The van der Waals surface area contributed by atoms with Crippen LogP contribution in [0.3, 0.4) is 0 Å². The minimum atomic E-state index is -0.300. The zero-order valence-corrected chi connectivity index (χ0v) is 15.5. The molecule has 2 heteroatoms. The highest BCUT2D eigenvalue weighted by atomic mass is 19.1. The van der Waals surface area contributed by atoms with E-state index in [2.05, 4.69) is 37.8 Å². The maximum absolute atomic E-state index is 14.4. The Hall–Kier alpha value is -2.35. The molecule has 2 aromatic rings. The van der Waals surface area contributed by atoms with Crippen molar-refractivity contribution < 1.29 is 9.13 Å². The maximum Gasteiger partial charge on any atom is 0.165 e. The van der Waals surface area contributed by atoms with Crippen molar-refractivity contribution in [2.75, 3.05) is 6.61 Å². The molecular formula is C24H27FO. The fourth-order valence-electron chi connectivity index (χ4n) is 3.28. The largest absolute Gasteiger partial charge is 0.490 e. The lowest BCUT2D eigenvalue weighted by Crippen LogP contribution is -2.14. The number of ether oxygens (including phenoxy) is 1. The quantitative estimate of drug-likeness (QED) is 0.512. The fourth-order valence-corrected chi connectivity index (χ4v) is 3.28. The molecule has 0 bridgehead atoms. The van der Waals surface area contributed by atoms with E-state index in [1.807, 2.05) is 24.3 Å². The molecule has 0 radical (unpaired) electrons. The van der Waals surface area contributed by atoms with Gasteiger partial charge < -0.3 is 4.74 Å². The van der Waals surface area contributed by atoms with Crippen molar-refractivity contribution >= 4 is 0 Å². The minimum absolute atomic E-state index is 0.300. The summed E-state index contributed by atoms with van der Waals surface area (Å²) in [4.78, 5) is 0. The van der Waals surface area contributed by atoms with E-state index in [4.69, 9.17) is 4.74 Å². The molecule has 0 fully saturated rings. The van der Waals surface area contributed by atoms with Crippen molar-refractivity contribution in [2.45, 2.75) is 32.6 Å². The molecule has 3 rings (SSSR count). The summed E-state index contributed by atoms with van der Waals surface area (Å²) in [5, 5.41) is 0. The Balaban J connectivity index is 1.63. The van der Waals surface area contributed by atoms with Gasteiger partial charge in [-0.25, -0.2) is 4.39 Å². The van der Waals surface area contributed by atoms with Gasteiger partial charge in [0.05, 0.1) is 6.61 Å². The molecule has 2 atom stereocenters. The average Bonchev–Trinajstić information content (AvgIpc) is 2.67. The van der Waals surface area contributed by atoms with Crippen molar-refractivity contribution in [1.82, 2.24) is 0 Å². The number of aryl methyl sites for hydroxylation is 1. The standard InChI is InChI=1S/C24H27FO/c1-3-4-5-19-10-12-21(13-11-19)22-14-15-24(23(25)16-22)26-17-20-8-6-18(2)7-9-20/h3,6,8,10-16,18,20H,1,4-5,7,9,17H2,2H3. The van der Waals surface area contributed by atoms with Gasteiger partial charge in [-0.2, -0.15) is 0 Å². The summed E-state index contributed by atoms with van der Waals surface area (Å²) in [5.41, 5.74) is 3.16. The Kier molecular flexibility index (Phi) is 6.27. The molecule has 0 aromatic heterocycles. The number of rotatable bonds is 7. The van der Waals surface area contributed by atoms with Gasteiger partial charge in [0.15, 0.2) is 11.6 Å². The molecule has 0 saturated heterocycles. The van der Waals surface area contributed by atoms with Gasteiger partial charge in [0, 0.05) is 5.92 Å². The van der Waals surface area contributed by atoms with Gasteiger partial charge >= 0.3 is 0 Å². The van der Waals surface area contributed by atoms with Crippen LogP contribution in [-0.4, -0.2) is 6.61 Å². The zero-order chi connectivity index (χ0) is 18.4. The van der Waals surface area contributed by atoms with Gasteiger partial charge in [-0.05, 0) is 60.4 Å². The molecule has 0 saturated carbocycles. The number of benzene rings is 2. The number of allylic oxidation sites excluding steroid dienone is 2. The van der Waals surface area contributed by atoms with E-state index >= 15 is 0 Å². The van der Waals surface area contributed by atoms with Crippen LogP contribution in [0.5, 0.6) is 5.75 Å². The second-order valence-electron chi connectivity index (χ2n) is 7.18. The van der Waals surface area contributed by atoms with Crippen molar-refractivity contribution in [2.24, 2.45) is 11.8 Å². The first-order valence-corrected chi connectivity index (χ1v) is 9.46. The van der Waals surface area contributed by atoms with Gasteiger partial charge in [-0.3, -0.25) is 0 Å². The molecule has 0 heterocycles. The molecular weight excluding hydrogens is 323 g/mol. The van der Waals surface area contributed by atoms with Crippen molar-refractivity contribution in [1.29, 1.82) is 0 Å². The monoisotopic (exact) mass is 350 g/mol. The van der Waals surface area contributed by atoms with Crippen LogP contribution in [0.25, 0.3) is 11.1 Å². The zero-order valence-electron chi connectivity index (χ0n) is 15.5. The smallest absolute Gasteiger partial charge is 0.165 e. The van der Waals surface area contributed by atoms with Crippen LogP contribution in [0.15, 0.2) is 67.3 Å². The first-order valence-electron chi connectivity index (χ1n) is 9.46. The molecule has 0 amide bonds. The summed E-state index contributed by atoms with van der Waals surface area (Å²) in [6, 6.07) is 13.5. The molecule has 1 aliphatic rings. The van der Waals surface area contributed by atoms with Gasteiger partial charge in [0.25, 0.3) is 0 Å². The molecule has 0 spiro atoms. The summed E-state index contributed by atoms with van der Waals surface area (Å²) >= 11 is 0. The predicted octanol–water partition coefficient (Wildman–Crippen LogP) is 6.59. The van der Waals surface area contributed by atoms with E-state index in [1.165, 1.54) is 12.0 Å². The number of halogens is 1. The SMILES string of the molecule is C=CCCc1ccc(-c2ccc(OCC3C=CC(C)CC3)c(F)c2)cc1. The molecule has 136 valence electrons. The Bertz CT molecular complexity index is 760. The second-order valence-corrected chi connectivity index (χ2v) is 7.18. The Morgan fingerprint density at radius 2 is 1.85 bits per heavy atom. The van der Waals surface area contributed by atoms with E-state index in [0.717, 1.165) is 30.4 Å². The Morgan fingerprint density at radius 3 is 2.50 bits per heavy atom. The summed E-state index contributed by atoms with van der Waals surface area (Å²) in [5.74, 6) is 1.06. The summed E-state index contributed by atoms with van der Waals surface area (Å²) in [6.07, 6.45) is 10.6. The van der Waals surface area contributed by atoms with Crippen molar-refractivity contribution in [3.8, 4) is 16.9 Å². The number of hydrogen-bond acceptors (Lipinski definition) is 1. The van der Waals surface area contributed by atoms with E-state index in [-0.39, 0.29) is 5.82 Å². The van der Waals surface area contributed by atoms with Crippen LogP contribution >= 0.6 is 0 Å². The van der Waals surface area contributed by atoms with E-state index in [9.17, 15) is 4.39 Å². The third-order valence-electron chi connectivity index (χ3n) is 5.01. The van der Waals surface area contributed by atoms with E-state index < -0.39 is 0 Å². The van der Waals surface area contributed by atoms with Crippen molar-refractivity contribution in [3.63, 3.8) is 0 Å². The van der Waals surface area contributed by atoms with Gasteiger partial charge in [0.1, 0.15) is 0 Å². The lowest BCUT2D eigenvalue weighted by Gasteiger charge is -2.20. The number of hydrogen-bond donors (Lipinski definition) is 0. The topological polar surface area (TPSA) is 9.23 Å². The highest BCUT2D eigenvalue weighted by Gasteiger charge is 2.14. The van der Waals surface area contributed by atoms with Gasteiger partial charge in [-0.15, -0.1) is 6.58 Å². The van der Waals surface area contributed by atoms with Crippen molar-refractivity contribution in [3.05, 3.63) is 78.7 Å². The second kappa shape index (κ2) is 8.84. The minimum Gasteiger partial charge on any atom is -0.490 e. The molecule has 0 N–H and O–H groups in total. The van der Waals surface area contributed by atoms with Crippen LogP contribution < -0.4 is 4.74 Å². The first kappa shape index (κ1) is 18.4. The summed E-state index contributed by atoms with van der Waals surface area (Å²) < 4.78 is 20.2. The third kappa shape index (κ3) is 4.85. The maximum atomic E-state index is 14.4. The molecule has 2 aromatic carbocycles. The normalized spacial score (nSPS) is 19.3. The predicted molar refractivity (Wildman–Crippen MR) is 107 cm³/mol. The van der Waals surface area contributed by atoms with Crippen LogP contribution in [-0.2, 0) is 6.42 Å². The molecule has 2 unspecified atom stereocenters. The lowest BCUT2D eigenvalue weighted by atomic mass is 9.90. The van der Waals surface area contributed by atoms with Crippen LogP contribution in [0.2, 0.25) is 0 Å². The Labute approximate surface area is 156 Å². The summed E-state index contributed by atoms with van der Waals surface area (Å²) in [7, 11) is 0. The van der Waals surface area contributed by atoms with Gasteiger partial charge in [0.2, 0.25) is 0 Å². The van der Waals surface area contributed by atoms with E-state index in [0.29, 0.717) is 24.2 Å². The third-order valence-corrected chi connectivity index (χ3v) is 5.01. The highest BCUT2D eigenvalue weighted by Crippen LogP contribution is 2.28.